The molecule has 0 aromatic heterocycles. The molecule has 1 aliphatic carbocycles. The van der Waals surface area contributed by atoms with Gasteiger partial charge in [0.15, 0.2) is 0 Å². The van der Waals surface area contributed by atoms with E-state index in [9.17, 15) is 0 Å². The molecule has 0 atom stereocenters. The van der Waals surface area contributed by atoms with Crippen LogP contribution in [0, 0.1) is 6.92 Å². The molecule has 0 nitrogen and oxygen atoms in total. The molecule has 2 aromatic rings. The van der Waals surface area contributed by atoms with Gasteiger partial charge >= 0.3 is 0 Å². The van der Waals surface area contributed by atoms with E-state index in [1.165, 1.54) is 33.4 Å². The lowest BCUT2D eigenvalue weighted by molar-refractivity contribution is 1.46. The van der Waals surface area contributed by atoms with Crippen LogP contribution in [0.5, 0.6) is 0 Å². The third kappa shape index (κ3) is 1.16. The lowest BCUT2D eigenvalue weighted by atomic mass is 10.0. The molecule has 0 unspecified atom stereocenters. The van der Waals surface area contributed by atoms with Gasteiger partial charge in [-0.05, 0) is 41.7 Å². The second-order valence-corrected chi connectivity index (χ2v) is 4.30. The van der Waals surface area contributed by atoms with Gasteiger partial charge in [-0.15, -0.1) is 0 Å². The molecular weight excluding hydrogens is 192 g/mol. The summed E-state index contributed by atoms with van der Waals surface area (Å²) < 4.78 is 0. The molecule has 16 heavy (non-hydrogen) atoms. The van der Waals surface area contributed by atoms with Crippen molar-refractivity contribution < 1.29 is 0 Å². The molecule has 0 radical (unpaired) electrons. The maximum atomic E-state index is 2.28. The first-order valence-corrected chi connectivity index (χ1v) is 5.68. The van der Waals surface area contributed by atoms with E-state index >= 15 is 0 Å². The van der Waals surface area contributed by atoms with Gasteiger partial charge in [0.25, 0.3) is 0 Å². The molecule has 0 aliphatic heterocycles. The lowest BCUT2D eigenvalue weighted by Crippen LogP contribution is -1.81. The van der Waals surface area contributed by atoms with Crippen molar-refractivity contribution in [3.05, 3.63) is 65.2 Å². The van der Waals surface area contributed by atoms with E-state index in [0.717, 1.165) is 0 Å². The predicted molar refractivity (Wildman–Crippen MR) is 69.4 cm³/mol. The number of allylic oxidation sites excluding steroid dienone is 1. The molecule has 0 N–H and O–H groups in total. The largest absolute Gasteiger partial charge is 0.0791 e. The molecule has 0 saturated carbocycles. The minimum absolute atomic E-state index is 1.32. The van der Waals surface area contributed by atoms with Crippen molar-refractivity contribution >= 4 is 5.57 Å². The van der Waals surface area contributed by atoms with Crippen LogP contribution in [0.15, 0.2) is 48.5 Å². The Labute approximate surface area is 96.3 Å². The van der Waals surface area contributed by atoms with E-state index in [1.54, 1.807) is 0 Å². The molecule has 3 rings (SSSR count). The maximum Gasteiger partial charge on any atom is -0.00989 e. The van der Waals surface area contributed by atoms with Crippen molar-refractivity contribution in [1.29, 1.82) is 0 Å². The monoisotopic (exact) mass is 206 g/mol. The summed E-state index contributed by atoms with van der Waals surface area (Å²) in [6.07, 6.45) is 2.21. The van der Waals surface area contributed by atoms with Crippen LogP contribution in [0.1, 0.15) is 23.6 Å². The van der Waals surface area contributed by atoms with Crippen LogP contribution >= 0.6 is 0 Å². The Balaban J connectivity index is 2.39. The third-order valence-corrected chi connectivity index (χ3v) is 3.26. The van der Waals surface area contributed by atoms with E-state index in [1.807, 2.05) is 0 Å². The Hall–Kier alpha value is -1.82. The van der Waals surface area contributed by atoms with E-state index in [4.69, 9.17) is 0 Å². The number of fused-ring (bicyclic) bond motifs is 3. The van der Waals surface area contributed by atoms with Crippen LogP contribution in [-0.2, 0) is 0 Å². The Morgan fingerprint density at radius 2 is 1.50 bits per heavy atom. The standard InChI is InChI=1S/C16H14/c1-3-12-13-6-4-5-7-14(13)15-9-8-11(2)10-16(12)15/h3-10H,1-2H3/b12-3+. The SMILES string of the molecule is C/C=C1\c2ccccc2-c2ccc(C)cc21. The Morgan fingerprint density at radius 3 is 2.25 bits per heavy atom. The molecule has 0 heteroatoms. The van der Waals surface area contributed by atoms with Crippen LogP contribution in [0.3, 0.4) is 0 Å². The van der Waals surface area contributed by atoms with Gasteiger partial charge in [-0.25, -0.2) is 0 Å². The van der Waals surface area contributed by atoms with E-state index in [2.05, 4.69) is 62.4 Å². The average Bonchev–Trinajstić information content (AvgIpc) is 2.61. The normalized spacial score (nSPS) is 15.0. The van der Waals surface area contributed by atoms with Crippen LogP contribution < -0.4 is 0 Å². The fourth-order valence-corrected chi connectivity index (χ4v) is 2.52. The second kappa shape index (κ2) is 3.34. The number of hydrogen-bond acceptors (Lipinski definition) is 0. The Morgan fingerprint density at radius 1 is 0.812 bits per heavy atom. The van der Waals surface area contributed by atoms with Gasteiger partial charge in [0, 0.05) is 0 Å². The molecular formula is C16H14. The zero-order valence-corrected chi connectivity index (χ0v) is 9.62. The zero-order chi connectivity index (χ0) is 11.1. The van der Waals surface area contributed by atoms with Crippen molar-refractivity contribution in [2.24, 2.45) is 0 Å². The maximum absolute atomic E-state index is 2.28. The molecule has 0 saturated heterocycles. The fourth-order valence-electron chi connectivity index (χ4n) is 2.52. The van der Waals surface area contributed by atoms with Crippen molar-refractivity contribution in [2.75, 3.05) is 0 Å². The van der Waals surface area contributed by atoms with Gasteiger partial charge in [0.2, 0.25) is 0 Å². The van der Waals surface area contributed by atoms with E-state index in [-0.39, 0.29) is 0 Å². The Bertz CT molecular complexity index is 589. The van der Waals surface area contributed by atoms with Gasteiger partial charge in [-0.1, -0.05) is 54.1 Å². The van der Waals surface area contributed by atoms with Crippen LogP contribution in [-0.4, -0.2) is 0 Å². The zero-order valence-electron chi connectivity index (χ0n) is 9.62. The van der Waals surface area contributed by atoms with Gasteiger partial charge in [-0.3, -0.25) is 0 Å². The highest BCUT2D eigenvalue weighted by atomic mass is 14.2. The van der Waals surface area contributed by atoms with E-state index < -0.39 is 0 Å². The highest BCUT2D eigenvalue weighted by molar-refractivity contribution is 6.01. The first-order valence-electron chi connectivity index (χ1n) is 5.68. The summed E-state index contributed by atoms with van der Waals surface area (Å²) in [7, 11) is 0. The summed E-state index contributed by atoms with van der Waals surface area (Å²) in [5.41, 5.74) is 8.18. The highest BCUT2D eigenvalue weighted by Crippen LogP contribution is 2.44. The minimum atomic E-state index is 1.32. The van der Waals surface area contributed by atoms with Gasteiger partial charge in [0.1, 0.15) is 0 Å². The number of hydrogen-bond donors (Lipinski definition) is 0. The molecule has 0 heterocycles. The summed E-state index contributed by atoms with van der Waals surface area (Å²) in [5.74, 6) is 0. The first-order chi connectivity index (χ1) is 7.81. The van der Waals surface area contributed by atoms with Crippen LogP contribution in [0.2, 0.25) is 0 Å². The number of aryl methyl sites for hydroxylation is 1. The summed E-state index contributed by atoms with van der Waals surface area (Å²) in [5, 5.41) is 0. The van der Waals surface area contributed by atoms with Gasteiger partial charge in [0.05, 0.1) is 0 Å². The molecule has 2 aromatic carbocycles. The fraction of sp³-hybridized carbons (Fsp3) is 0.125. The highest BCUT2D eigenvalue weighted by Gasteiger charge is 2.21. The van der Waals surface area contributed by atoms with Crippen LogP contribution in [0.4, 0.5) is 0 Å². The van der Waals surface area contributed by atoms with Gasteiger partial charge in [-0.2, -0.15) is 0 Å². The predicted octanol–water partition coefficient (Wildman–Crippen LogP) is 4.43. The number of rotatable bonds is 0. The topological polar surface area (TPSA) is 0 Å². The third-order valence-electron chi connectivity index (χ3n) is 3.26. The van der Waals surface area contributed by atoms with Crippen molar-refractivity contribution in [1.82, 2.24) is 0 Å². The van der Waals surface area contributed by atoms with Crippen molar-refractivity contribution in [3.8, 4) is 11.1 Å². The Kier molecular flexibility index (Phi) is 1.97. The molecule has 0 amide bonds. The second-order valence-electron chi connectivity index (χ2n) is 4.30. The molecule has 1 aliphatic rings. The summed E-state index contributed by atoms with van der Waals surface area (Å²) >= 11 is 0. The van der Waals surface area contributed by atoms with E-state index in [0.29, 0.717) is 0 Å². The van der Waals surface area contributed by atoms with Gasteiger partial charge < -0.3 is 0 Å². The quantitative estimate of drug-likeness (QED) is 0.510. The average molecular weight is 206 g/mol. The first kappa shape index (κ1) is 9.41. The lowest BCUT2D eigenvalue weighted by Gasteiger charge is -2.02. The minimum Gasteiger partial charge on any atom is -0.0791 e. The summed E-state index contributed by atoms with van der Waals surface area (Å²) in [4.78, 5) is 0. The molecule has 0 bridgehead atoms. The van der Waals surface area contributed by atoms with Crippen molar-refractivity contribution in [3.63, 3.8) is 0 Å². The molecule has 0 fully saturated rings. The summed E-state index contributed by atoms with van der Waals surface area (Å²) in [6.45, 7) is 4.26. The number of benzene rings is 2. The van der Waals surface area contributed by atoms with Crippen molar-refractivity contribution in [2.45, 2.75) is 13.8 Å². The van der Waals surface area contributed by atoms with Crippen LogP contribution in [0.25, 0.3) is 16.7 Å². The smallest absolute Gasteiger partial charge is 0.00989 e. The summed E-state index contributed by atoms with van der Waals surface area (Å²) in [6, 6.07) is 15.3. The molecule has 0 spiro atoms. The molecule has 78 valence electrons.